The third-order valence-corrected chi connectivity index (χ3v) is 2.39. The van der Waals surface area contributed by atoms with E-state index in [1.807, 2.05) is 19.9 Å². The fraction of sp³-hybridized carbons (Fsp3) is 0.455. The lowest BCUT2D eigenvalue weighted by Crippen LogP contribution is -2.37. The summed E-state index contributed by atoms with van der Waals surface area (Å²) in [6.07, 6.45) is 0. The average molecular weight is 195 g/mol. The number of nitrogens with two attached hydrogens (primary N) is 1. The average Bonchev–Trinajstić information content (AvgIpc) is 2.11. The molecule has 0 aliphatic carbocycles. The summed E-state index contributed by atoms with van der Waals surface area (Å²) in [4.78, 5) is 0. The smallest absolute Gasteiger partial charge is 0.123 e. The molecule has 0 unspecified atom stereocenters. The first-order valence-corrected chi connectivity index (χ1v) is 4.59. The van der Waals surface area contributed by atoms with E-state index in [9.17, 15) is 5.11 Å². The van der Waals surface area contributed by atoms with Crippen molar-refractivity contribution >= 4 is 0 Å². The van der Waals surface area contributed by atoms with Crippen molar-refractivity contribution in [3.05, 3.63) is 28.8 Å². The van der Waals surface area contributed by atoms with Crippen LogP contribution in [0.1, 0.15) is 23.6 Å². The molecule has 3 heteroatoms. The van der Waals surface area contributed by atoms with Crippen molar-refractivity contribution in [1.82, 2.24) is 0 Å². The zero-order chi connectivity index (χ0) is 10.9. The zero-order valence-corrected chi connectivity index (χ0v) is 8.83. The SMILES string of the molecule is Cc1cc(C)c(O)c([C@](C)(N)CO)c1. The van der Waals surface area contributed by atoms with Gasteiger partial charge in [-0.15, -0.1) is 0 Å². The summed E-state index contributed by atoms with van der Waals surface area (Å²) in [7, 11) is 0. The van der Waals surface area contributed by atoms with Gasteiger partial charge in [0.2, 0.25) is 0 Å². The minimum absolute atomic E-state index is 0.176. The minimum atomic E-state index is -0.888. The molecule has 3 nitrogen and oxygen atoms in total. The van der Waals surface area contributed by atoms with E-state index in [0.717, 1.165) is 11.1 Å². The van der Waals surface area contributed by atoms with E-state index in [4.69, 9.17) is 10.8 Å². The highest BCUT2D eigenvalue weighted by Crippen LogP contribution is 2.30. The fourth-order valence-corrected chi connectivity index (χ4v) is 1.48. The number of phenols is 1. The van der Waals surface area contributed by atoms with Crippen LogP contribution in [0.3, 0.4) is 0 Å². The Bertz CT molecular complexity index is 345. The molecular weight excluding hydrogens is 178 g/mol. The summed E-state index contributed by atoms with van der Waals surface area (Å²) >= 11 is 0. The molecule has 1 atom stereocenters. The van der Waals surface area contributed by atoms with Crippen LogP contribution in [-0.4, -0.2) is 16.8 Å². The van der Waals surface area contributed by atoms with Crippen LogP contribution in [0, 0.1) is 13.8 Å². The van der Waals surface area contributed by atoms with Gasteiger partial charge in [0, 0.05) is 5.56 Å². The van der Waals surface area contributed by atoms with Gasteiger partial charge < -0.3 is 15.9 Å². The number of aliphatic hydroxyl groups is 1. The molecule has 0 saturated carbocycles. The Morgan fingerprint density at radius 1 is 1.36 bits per heavy atom. The van der Waals surface area contributed by atoms with Gasteiger partial charge in [-0.05, 0) is 26.3 Å². The summed E-state index contributed by atoms with van der Waals surface area (Å²) in [5.41, 5.74) is 7.38. The van der Waals surface area contributed by atoms with Crippen LogP contribution in [0.5, 0.6) is 5.75 Å². The Labute approximate surface area is 84.2 Å². The van der Waals surface area contributed by atoms with Crippen molar-refractivity contribution < 1.29 is 10.2 Å². The van der Waals surface area contributed by atoms with Crippen LogP contribution in [0.2, 0.25) is 0 Å². The molecule has 0 amide bonds. The Kier molecular flexibility index (Phi) is 2.83. The van der Waals surface area contributed by atoms with E-state index in [-0.39, 0.29) is 12.4 Å². The van der Waals surface area contributed by atoms with Crippen molar-refractivity contribution in [2.45, 2.75) is 26.3 Å². The van der Waals surface area contributed by atoms with Crippen molar-refractivity contribution in [3.63, 3.8) is 0 Å². The number of aryl methyl sites for hydroxylation is 2. The summed E-state index contributed by atoms with van der Waals surface area (Å²) in [6, 6.07) is 3.69. The molecule has 1 aromatic rings. The van der Waals surface area contributed by atoms with Crippen LogP contribution in [0.4, 0.5) is 0 Å². The van der Waals surface area contributed by atoms with Gasteiger partial charge in [0.15, 0.2) is 0 Å². The first-order valence-electron chi connectivity index (χ1n) is 4.59. The molecule has 0 bridgehead atoms. The van der Waals surface area contributed by atoms with Crippen LogP contribution in [-0.2, 0) is 5.54 Å². The summed E-state index contributed by atoms with van der Waals surface area (Å²) in [5.74, 6) is 0.176. The van der Waals surface area contributed by atoms with Gasteiger partial charge in [0.25, 0.3) is 0 Å². The number of phenolic OH excluding ortho intramolecular Hbond substituents is 1. The van der Waals surface area contributed by atoms with Crippen molar-refractivity contribution in [2.75, 3.05) is 6.61 Å². The molecular formula is C11H17NO2. The maximum absolute atomic E-state index is 9.80. The molecule has 0 radical (unpaired) electrons. The molecule has 0 aliphatic rings. The first kappa shape index (κ1) is 11.0. The van der Waals surface area contributed by atoms with Crippen molar-refractivity contribution in [2.24, 2.45) is 5.73 Å². The highest BCUT2D eigenvalue weighted by molar-refractivity contribution is 5.46. The fourth-order valence-electron chi connectivity index (χ4n) is 1.48. The van der Waals surface area contributed by atoms with E-state index in [2.05, 4.69) is 0 Å². The lowest BCUT2D eigenvalue weighted by atomic mass is 9.90. The molecule has 4 N–H and O–H groups in total. The monoisotopic (exact) mass is 195 g/mol. The molecule has 0 spiro atoms. The number of hydrogen-bond donors (Lipinski definition) is 3. The molecule has 1 aromatic carbocycles. The molecule has 0 saturated heterocycles. The van der Waals surface area contributed by atoms with Gasteiger partial charge in [-0.2, -0.15) is 0 Å². The van der Waals surface area contributed by atoms with Gasteiger partial charge in [0.1, 0.15) is 5.75 Å². The molecule has 0 heterocycles. The second kappa shape index (κ2) is 3.59. The van der Waals surface area contributed by atoms with Crippen LogP contribution in [0.15, 0.2) is 12.1 Å². The minimum Gasteiger partial charge on any atom is -0.507 e. The summed E-state index contributed by atoms with van der Waals surface area (Å²) in [5, 5.41) is 18.9. The van der Waals surface area contributed by atoms with E-state index in [1.165, 1.54) is 0 Å². The Balaban J connectivity index is 3.34. The van der Waals surface area contributed by atoms with E-state index in [0.29, 0.717) is 5.56 Å². The predicted molar refractivity (Wildman–Crippen MR) is 56.2 cm³/mol. The number of benzene rings is 1. The number of aliphatic hydroxyl groups excluding tert-OH is 1. The number of hydrogen-bond acceptors (Lipinski definition) is 3. The maximum atomic E-state index is 9.80. The third kappa shape index (κ3) is 1.89. The van der Waals surface area contributed by atoms with Crippen LogP contribution < -0.4 is 5.73 Å². The van der Waals surface area contributed by atoms with E-state index < -0.39 is 5.54 Å². The van der Waals surface area contributed by atoms with Gasteiger partial charge in [0.05, 0.1) is 12.1 Å². The molecule has 14 heavy (non-hydrogen) atoms. The highest BCUT2D eigenvalue weighted by Gasteiger charge is 2.24. The maximum Gasteiger partial charge on any atom is 0.123 e. The van der Waals surface area contributed by atoms with E-state index in [1.54, 1.807) is 13.0 Å². The van der Waals surface area contributed by atoms with Gasteiger partial charge in [-0.1, -0.05) is 17.7 Å². The standard InChI is InChI=1S/C11H17NO2/c1-7-4-8(2)10(14)9(5-7)11(3,12)6-13/h4-5,13-14H,6,12H2,1-3H3/t11-/m1/s1. The van der Waals surface area contributed by atoms with Gasteiger partial charge in [-0.25, -0.2) is 0 Å². The Morgan fingerprint density at radius 2 is 1.93 bits per heavy atom. The van der Waals surface area contributed by atoms with Crippen LogP contribution in [0.25, 0.3) is 0 Å². The number of aromatic hydroxyl groups is 1. The lowest BCUT2D eigenvalue weighted by Gasteiger charge is -2.24. The van der Waals surface area contributed by atoms with Crippen molar-refractivity contribution in [1.29, 1.82) is 0 Å². The second-order valence-electron chi connectivity index (χ2n) is 4.05. The summed E-state index contributed by atoms with van der Waals surface area (Å²) in [6.45, 7) is 5.26. The molecule has 0 aromatic heterocycles. The lowest BCUT2D eigenvalue weighted by molar-refractivity contribution is 0.206. The molecule has 78 valence electrons. The van der Waals surface area contributed by atoms with Gasteiger partial charge in [-0.3, -0.25) is 0 Å². The third-order valence-electron chi connectivity index (χ3n) is 2.39. The quantitative estimate of drug-likeness (QED) is 0.663. The van der Waals surface area contributed by atoms with Gasteiger partial charge >= 0.3 is 0 Å². The van der Waals surface area contributed by atoms with E-state index >= 15 is 0 Å². The number of rotatable bonds is 2. The molecule has 0 aliphatic heterocycles. The highest BCUT2D eigenvalue weighted by atomic mass is 16.3. The van der Waals surface area contributed by atoms with Crippen LogP contribution >= 0.6 is 0 Å². The topological polar surface area (TPSA) is 66.5 Å². The Hall–Kier alpha value is -1.06. The normalized spacial score (nSPS) is 15.2. The molecule has 0 fully saturated rings. The predicted octanol–water partition coefficient (Wildman–Crippen LogP) is 1.18. The Morgan fingerprint density at radius 3 is 2.43 bits per heavy atom. The molecule has 1 rings (SSSR count). The largest absolute Gasteiger partial charge is 0.507 e. The first-order chi connectivity index (χ1) is 6.38. The second-order valence-corrected chi connectivity index (χ2v) is 4.05. The summed E-state index contributed by atoms with van der Waals surface area (Å²) < 4.78 is 0. The zero-order valence-electron chi connectivity index (χ0n) is 8.83. The van der Waals surface area contributed by atoms with Crippen molar-refractivity contribution in [3.8, 4) is 5.75 Å².